The zero-order chi connectivity index (χ0) is 30.6. The van der Waals surface area contributed by atoms with Crippen LogP contribution in [0.25, 0.3) is 26.9 Å². The highest BCUT2D eigenvalue weighted by Crippen LogP contribution is 2.35. The van der Waals surface area contributed by atoms with E-state index in [0.717, 1.165) is 60.4 Å². The summed E-state index contributed by atoms with van der Waals surface area (Å²) >= 11 is 1.69. The van der Waals surface area contributed by atoms with Gasteiger partial charge in [0.15, 0.2) is 0 Å². The number of Topliss-reactive ketones (excluding diaryl/α,β-unsaturated/α-hetero) is 1. The average Bonchev–Trinajstić information content (AvgIpc) is 3.84. The molecule has 6 nitrogen and oxygen atoms in total. The van der Waals surface area contributed by atoms with E-state index in [2.05, 4.69) is 63.5 Å². The van der Waals surface area contributed by atoms with Crippen molar-refractivity contribution < 1.29 is 9.59 Å². The molecule has 228 valence electrons. The number of imidazole rings is 1. The number of piperidine rings is 1. The summed E-state index contributed by atoms with van der Waals surface area (Å²) in [7, 11) is 0. The highest BCUT2D eigenvalue weighted by Gasteiger charge is 2.31. The zero-order valence-electron chi connectivity index (χ0n) is 25.3. The van der Waals surface area contributed by atoms with Crippen LogP contribution in [0.15, 0.2) is 96.5 Å². The highest BCUT2D eigenvalue weighted by molar-refractivity contribution is 7.17. The molecule has 1 fully saturated rings. The number of benzene rings is 3. The van der Waals surface area contributed by atoms with Crippen LogP contribution in [0.5, 0.6) is 0 Å². The van der Waals surface area contributed by atoms with E-state index in [-0.39, 0.29) is 30.1 Å². The van der Waals surface area contributed by atoms with Gasteiger partial charge in [0.2, 0.25) is 5.91 Å². The Labute approximate surface area is 268 Å². The zero-order valence-corrected chi connectivity index (χ0v) is 26.1. The van der Waals surface area contributed by atoms with Crippen molar-refractivity contribution in [3.63, 3.8) is 0 Å². The van der Waals surface area contributed by atoms with Crippen LogP contribution in [-0.4, -0.2) is 34.7 Å². The molecule has 45 heavy (non-hydrogen) atoms. The minimum absolute atomic E-state index is 0.00946. The molecular weight excluding hydrogens is 577 g/mol. The topological polar surface area (TPSA) is 86.9 Å². The van der Waals surface area contributed by atoms with Crippen LogP contribution in [-0.2, 0) is 22.4 Å². The largest absolute Gasteiger partial charge is 0.346 e. The number of carbonyl (C=O) groups excluding carboxylic acids is 2. The molecule has 0 spiro atoms. The fourth-order valence-electron chi connectivity index (χ4n) is 6.82. The Balaban J connectivity index is 1.18. The van der Waals surface area contributed by atoms with Crippen LogP contribution < -0.4 is 10.6 Å². The molecule has 7 rings (SSSR count). The van der Waals surface area contributed by atoms with E-state index in [1.54, 1.807) is 11.3 Å². The summed E-state index contributed by atoms with van der Waals surface area (Å²) in [4.78, 5) is 36.3. The van der Waals surface area contributed by atoms with Crippen molar-refractivity contribution in [1.29, 1.82) is 0 Å². The van der Waals surface area contributed by atoms with Gasteiger partial charge >= 0.3 is 0 Å². The van der Waals surface area contributed by atoms with Crippen LogP contribution in [0, 0.1) is 11.8 Å². The van der Waals surface area contributed by atoms with E-state index >= 15 is 0 Å². The number of thiophene rings is 1. The summed E-state index contributed by atoms with van der Waals surface area (Å²) in [6.07, 6.45) is 8.04. The van der Waals surface area contributed by atoms with Crippen LogP contribution in [0.4, 0.5) is 0 Å². The fourth-order valence-corrected chi connectivity index (χ4v) is 7.79. The third-order valence-electron chi connectivity index (χ3n) is 9.32. The molecule has 7 heteroatoms. The predicted octanol–water partition coefficient (Wildman–Crippen LogP) is 7.30. The van der Waals surface area contributed by atoms with Gasteiger partial charge in [-0.1, -0.05) is 78.9 Å². The van der Waals surface area contributed by atoms with Gasteiger partial charge in [-0.05, 0) is 83.4 Å². The van der Waals surface area contributed by atoms with Crippen molar-refractivity contribution in [1.82, 2.24) is 20.6 Å². The summed E-state index contributed by atoms with van der Waals surface area (Å²) in [6, 6.07) is 26.5. The molecule has 2 aliphatic rings. The number of fused-ring (bicyclic) bond motifs is 2. The Morgan fingerprint density at radius 2 is 1.71 bits per heavy atom. The molecule has 0 radical (unpaired) electrons. The predicted molar refractivity (Wildman–Crippen MR) is 182 cm³/mol. The van der Waals surface area contributed by atoms with E-state index in [0.29, 0.717) is 12.8 Å². The molecular formula is C38H38N4O2S. The second kappa shape index (κ2) is 13.3. The Kier molecular flexibility index (Phi) is 8.71. The monoisotopic (exact) mass is 614 g/mol. The molecule has 3 heterocycles. The van der Waals surface area contributed by atoms with Crippen LogP contribution >= 0.6 is 11.3 Å². The first-order valence-electron chi connectivity index (χ1n) is 16.0. The molecule has 1 saturated heterocycles. The van der Waals surface area contributed by atoms with Gasteiger partial charge in [0.05, 0.1) is 17.9 Å². The lowest BCUT2D eigenvalue weighted by atomic mass is 9.85. The van der Waals surface area contributed by atoms with E-state index in [1.165, 1.54) is 21.4 Å². The van der Waals surface area contributed by atoms with Crippen molar-refractivity contribution in [3.05, 3.63) is 119 Å². The summed E-state index contributed by atoms with van der Waals surface area (Å²) < 4.78 is 1.20. The molecule has 5 aromatic rings. The number of hydrogen-bond donors (Lipinski definition) is 3. The van der Waals surface area contributed by atoms with E-state index in [1.807, 2.05) is 48.7 Å². The Morgan fingerprint density at radius 1 is 0.933 bits per heavy atom. The molecule has 2 aromatic heterocycles. The molecule has 2 atom stereocenters. The smallest absolute Gasteiger partial charge is 0.224 e. The Morgan fingerprint density at radius 3 is 2.58 bits per heavy atom. The Hall–Kier alpha value is -4.33. The third kappa shape index (κ3) is 6.56. The maximum Gasteiger partial charge on any atom is 0.224 e. The molecule has 0 unspecified atom stereocenters. The summed E-state index contributed by atoms with van der Waals surface area (Å²) in [5, 5.41) is 10.1. The molecule has 1 amide bonds. The second-order valence-electron chi connectivity index (χ2n) is 12.3. The van der Waals surface area contributed by atoms with Crippen LogP contribution in [0.2, 0.25) is 0 Å². The van der Waals surface area contributed by atoms with Crippen molar-refractivity contribution in [2.24, 2.45) is 11.8 Å². The van der Waals surface area contributed by atoms with Gasteiger partial charge in [0, 0.05) is 29.4 Å². The SMILES string of the molecule is O=C(C[C@H](Cc1csc2ccccc12)C(=O)N[C@H](CC1=CCc2ccccc21)c1ncc(-c2ccccc2)[nH]1)C1CCNCC1. The number of nitrogens with zero attached hydrogens (tertiary/aromatic N) is 1. The Bertz CT molecular complexity index is 1830. The molecule has 0 bridgehead atoms. The number of aromatic amines is 1. The number of amides is 1. The maximum atomic E-state index is 14.4. The lowest BCUT2D eigenvalue weighted by Crippen LogP contribution is -2.38. The van der Waals surface area contributed by atoms with Gasteiger partial charge in [-0.3, -0.25) is 9.59 Å². The first-order valence-corrected chi connectivity index (χ1v) is 16.9. The van der Waals surface area contributed by atoms with Crippen molar-refractivity contribution in [2.75, 3.05) is 13.1 Å². The number of hydrogen-bond acceptors (Lipinski definition) is 5. The summed E-state index contributed by atoms with van der Waals surface area (Å²) in [5.74, 6) is 0.361. The minimum Gasteiger partial charge on any atom is -0.346 e. The molecule has 3 aromatic carbocycles. The first-order chi connectivity index (χ1) is 22.1. The van der Waals surface area contributed by atoms with Crippen molar-refractivity contribution >= 4 is 38.7 Å². The van der Waals surface area contributed by atoms with Crippen LogP contribution in [0.3, 0.4) is 0 Å². The number of nitrogens with one attached hydrogen (secondary N) is 3. The van der Waals surface area contributed by atoms with Crippen molar-refractivity contribution in [3.8, 4) is 11.3 Å². The number of carbonyl (C=O) groups is 2. The number of rotatable bonds is 11. The average molecular weight is 615 g/mol. The molecule has 0 saturated carbocycles. The van der Waals surface area contributed by atoms with Gasteiger partial charge in [-0.15, -0.1) is 11.3 Å². The van der Waals surface area contributed by atoms with E-state index in [4.69, 9.17) is 4.98 Å². The first kappa shape index (κ1) is 29.4. The standard InChI is InChI=1S/C38H38N4O2S/c43-35(27-16-18-39-19-17-27)22-29(20-30-24-45-36-13-7-6-12-32(30)36)38(44)42-33(21-28-15-14-25-8-4-5-11-31(25)28)37-40-23-34(41-37)26-9-2-1-3-10-26/h1-13,15,23-24,27,29,33,39H,14,16-22H2,(H,40,41)(H,42,44)/t29-,33+/m0/s1. The van der Waals surface area contributed by atoms with Gasteiger partial charge < -0.3 is 15.6 Å². The van der Waals surface area contributed by atoms with E-state index < -0.39 is 5.92 Å². The molecule has 1 aliphatic heterocycles. The van der Waals surface area contributed by atoms with Gasteiger partial charge in [-0.25, -0.2) is 4.98 Å². The number of H-pyrrole nitrogens is 1. The van der Waals surface area contributed by atoms with Gasteiger partial charge in [0.25, 0.3) is 0 Å². The summed E-state index contributed by atoms with van der Waals surface area (Å²) in [6.45, 7) is 1.70. The van der Waals surface area contributed by atoms with Crippen molar-refractivity contribution in [2.45, 2.75) is 44.6 Å². The fraction of sp³-hybridized carbons (Fsp3) is 0.289. The minimum atomic E-state index is -0.471. The lowest BCUT2D eigenvalue weighted by molar-refractivity contribution is -0.131. The third-order valence-corrected chi connectivity index (χ3v) is 10.3. The lowest BCUT2D eigenvalue weighted by Gasteiger charge is -2.25. The molecule has 1 aliphatic carbocycles. The number of allylic oxidation sites excluding steroid dienone is 1. The molecule has 3 N–H and O–H groups in total. The number of ketones is 1. The van der Waals surface area contributed by atoms with E-state index in [9.17, 15) is 9.59 Å². The maximum absolute atomic E-state index is 14.4. The highest BCUT2D eigenvalue weighted by atomic mass is 32.1. The normalized spacial score (nSPS) is 16.2. The van der Waals surface area contributed by atoms with Gasteiger partial charge in [-0.2, -0.15) is 0 Å². The summed E-state index contributed by atoms with van der Waals surface area (Å²) in [5.41, 5.74) is 6.82. The van der Waals surface area contributed by atoms with Crippen LogP contribution in [0.1, 0.15) is 54.2 Å². The quantitative estimate of drug-likeness (QED) is 0.146. The van der Waals surface area contributed by atoms with Gasteiger partial charge in [0.1, 0.15) is 11.6 Å². The number of aromatic nitrogens is 2. The second-order valence-corrected chi connectivity index (χ2v) is 13.2.